The molecular formula is C15H15N3O2. The Labute approximate surface area is 117 Å². The third-order valence-electron chi connectivity index (χ3n) is 2.74. The van der Waals surface area contributed by atoms with E-state index in [4.69, 9.17) is 0 Å². The topological polar surface area (TPSA) is 71.1 Å². The lowest BCUT2D eigenvalue weighted by molar-refractivity contribution is -0.136. The fourth-order valence-electron chi connectivity index (χ4n) is 1.64. The van der Waals surface area contributed by atoms with E-state index in [1.165, 1.54) is 0 Å². The van der Waals surface area contributed by atoms with Gasteiger partial charge in [0, 0.05) is 12.7 Å². The number of hydrogen-bond acceptors (Lipinski definition) is 3. The highest BCUT2D eigenvalue weighted by Crippen LogP contribution is 2.08. The summed E-state index contributed by atoms with van der Waals surface area (Å²) < 4.78 is 0. The van der Waals surface area contributed by atoms with Gasteiger partial charge in [0.05, 0.1) is 0 Å². The molecule has 0 aliphatic carbocycles. The molecule has 0 radical (unpaired) electrons. The minimum atomic E-state index is -0.720. The van der Waals surface area contributed by atoms with Crippen LogP contribution in [0, 0.1) is 6.92 Å². The zero-order valence-electron chi connectivity index (χ0n) is 11.1. The van der Waals surface area contributed by atoms with Crippen LogP contribution in [-0.2, 0) is 16.1 Å². The number of carbonyl (C=O) groups excluding carboxylic acids is 2. The van der Waals surface area contributed by atoms with Crippen molar-refractivity contribution >= 4 is 17.6 Å². The van der Waals surface area contributed by atoms with Crippen LogP contribution in [0.5, 0.6) is 0 Å². The van der Waals surface area contributed by atoms with Crippen molar-refractivity contribution in [2.75, 3.05) is 5.32 Å². The zero-order valence-corrected chi connectivity index (χ0v) is 11.1. The van der Waals surface area contributed by atoms with Gasteiger partial charge in [-0.1, -0.05) is 36.4 Å². The highest BCUT2D eigenvalue weighted by atomic mass is 16.2. The van der Waals surface area contributed by atoms with Crippen molar-refractivity contribution in [2.45, 2.75) is 13.5 Å². The minimum Gasteiger partial charge on any atom is -0.344 e. The number of amides is 2. The molecule has 0 spiro atoms. The molecule has 102 valence electrons. The summed E-state index contributed by atoms with van der Waals surface area (Å²) in [4.78, 5) is 27.4. The number of nitrogens with one attached hydrogen (secondary N) is 2. The highest BCUT2D eigenvalue weighted by molar-refractivity contribution is 6.39. The van der Waals surface area contributed by atoms with Crippen LogP contribution in [0.15, 0.2) is 48.7 Å². The zero-order chi connectivity index (χ0) is 14.4. The number of hydrogen-bond donors (Lipinski definition) is 2. The standard InChI is InChI=1S/C15H15N3O2/c1-11-6-5-9-16-13(11)18-15(20)14(19)17-10-12-7-3-2-4-8-12/h2-9H,10H2,1H3,(H,17,19)(H,16,18,20). The second-order valence-electron chi connectivity index (χ2n) is 4.29. The number of pyridine rings is 1. The fourth-order valence-corrected chi connectivity index (χ4v) is 1.64. The van der Waals surface area contributed by atoms with Crippen molar-refractivity contribution in [2.24, 2.45) is 0 Å². The van der Waals surface area contributed by atoms with Gasteiger partial charge in [0.1, 0.15) is 5.82 Å². The fraction of sp³-hybridized carbons (Fsp3) is 0.133. The van der Waals surface area contributed by atoms with Gasteiger partial charge in [0.2, 0.25) is 0 Å². The normalized spacial score (nSPS) is 9.85. The highest BCUT2D eigenvalue weighted by Gasteiger charge is 2.14. The van der Waals surface area contributed by atoms with Gasteiger partial charge in [-0.2, -0.15) is 0 Å². The van der Waals surface area contributed by atoms with Crippen LogP contribution in [0.3, 0.4) is 0 Å². The predicted molar refractivity (Wildman–Crippen MR) is 75.9 cm³/mol. The van der Waals surface area contributed by atoms with E-state index in [0.29, 0.717) is 12.4 Å². The smallest absolute Gasteiger partial charge is 0.314 e. The van der Waals surface area contributed by atoms with Gasteiger partial charge in [-0.25, -0.2) is 4.98 Å². The van der Waals surface area contributed by atoms with E-state index in [0.717, 1.165) is 11.1 Å². The van der Waals surface area contributed by atoms with Crippen LogP contribution in [-0.4, -0.2) is 16.8 Å². The molecule has 2 amide bonds. The third kappa shape index (κ3) is 3.65. The van der Waals surface area contributed by atoms with Gasteiger partial charge in [-0.15, -0.1) is 0 Å². The number of nitrogens with zero attached hydrogens (tertiary/aromatic N) is 1. The maximum atomic E-state index is 11.7. The summed E-state index contributed by atoms with van der Waals surface area (Å²) in [5.74, 6) is -1.01. The Morgan fingerprint density at radius 3 is 2.50 bits per heavy atom. The molecule has 0 saturated heterocycles. The quantitative estimate of drug-likeness (QED) is 0.832. The molecule has 0 unspecified atom stereocenters. The van der Waals surface area contributed by atoms with Gasteiger partial charge in [0.15, 0.2) is 0 Å². The summed E-state index contributed by atoms with van der Waals surface area (Å²) in [7, 11) is 0. The van der Waals surface area contributed by atoms with Gasteiger partial charge in [-0.05, 0) is 24.1 Å². The lowest BCUT2D eigenvalue weighted by Crippen LogP contribution is -2.35. The largest absolute Gasteiger partial charge is 0.344 e. The number of carbonyl (C=O) groups is 2. The molecule has 2 rings (SSSR count). The number of anilines is 1. The molecule has 1 aromatic heterocycles. The maximum Gasteiger partial charge on any atom is 0.314 e. The van der Waals surface area contributed by atoms with Crippen LogP contribution >= 0.6 is 0 Å². The molecule has 0 fully saturated rings. The Morgan fingerprint density at radius 2 is 1.80 bits per heavy atom. The van der Waals surface area contributed by atoms with Crippen molar-refractivity contribution in [3.8, 4) is 0 Å². The van der Waals surface area contributed by atoms with Crippen LogP contribution in [0.4, 0.5) is 5.82 Å². The summed E-state index contributed by atoms with van der Waals surface area (Å²) in [5, 5.41) is 5.04. The van der Waals surface area contributed by atoms with Crippen LogP contribution in [0.1, 0.15) is 11.1 Å². The monoisotopic (exact) mass is 269 g/mol. The van der Waals surface area contributed by atoms with E-state index in [2.05, 4.69) is 15.6 Å². The van der Waals surface area contributed by atoms with Crippen LogP contribution in [0.2, 0.25) is 0 Å². The van der Waals surface area contributed by atoms with E-state index < -0.39 is 11.8 Å². The molecule has 5 heteroatoms. The van der Waals surface area contributed by atoms with Crippen LogP contribution in [0.25, 0.3) is 0 Å². The predicted octanol–water partition coefficient (Wildman–Crippen LogP) is 1.64. The lowest BCUT2D eigenvalue weighted by atomic mass is 10.2. The maximum absolute atomic E-state index is 11.7. The van der Waals surface area contributed by atoms with Crippen molar-refractivity contribution in [3.05, 3.63) is 59.8 Å². The summed E-state index contributed by atoms with van der Waals surface area (Å²) in [5.41, 5.74) is 1.74. The van der Waals surface area contributed by atoms with E-state index in [1.54, 1.807) is 12.3 Å². The molecule has 2 aromatic rings. The summed E-state index contributed by atoms with van der Waals surface area (Å²) >= 11 is 0. The second kappa shape index (κ2) is 6.47. The molecule has 2 N–H and O–H groups in total. The van der Waals surface area contributed by atoms with Crippen molar-refractivity contribution in [3.63, 3.8) is 0 Å². The molecule has 20 heavy (non-hydrogen) atoms. The Balaban J connectivity index is 1.90. The van der Waals surface area contributed by atoms with Crippen molar-refractivity contribution in [1.82, 2.24) is 10.3 Å². The molecule has 5 nitrogen and oxygen atoms in total. The Kier molecular flexibility index (Phi) is 4.44. The Hall–Kier alpha value is -2.69. The third-order valence-corrected chi connectivity index (χ3v) is 2.74. The lowest BCUT2D eigenvalue weighted by Gasteiger charge is -2.07. The van der Waals surface area contributed by atoms with E-state index in [1.807, 2.05) is 43.3 Å². The first kappa shape index (κ1) is 13.7. The second-order valence-corrected chi connectivity index (χ2v) is 4.29. The SMILES string of the molecule is Cc1cccnc1NC(=O)C(=O)NCc1ccccc1. The molecule has 1 aromatic carbocycles. The van der Waals surface area contributed by atoms with Crippen LogP contribution < -0.4 is 10.6 Å². The molecule has 0 saturated carbocycles. The average Bonchev–Trinajstić information content (AvgIpc) is 2.48. The van der Waals surface area contributed by atoms with Crippen molar-refractivity contribution in [1.29, 1.82) is 0 Å². The molecular weight excluding hydrogens is 254 g/mol. The van der Waals surface area contributed by atoms with E-state index in [9.17, 15) is 9.59 Å². The molecule has 0 bridgehead atoms. The number of rotatable bonds is 3. The Bertz CT molecular complexity index is 612. The number of aryl methyl sites for hydroxylation is 1. The van der Waals surface area contributed by atoms with E-state index >= 15 is 0 Å². The number of aromatic nitrogens is 1. The molecule has 0 atom stereocenters. The van der Waals surface area contributed by atoms with E-state index in [-0.39, 0.29) is 0 Å². The minimum absolute atomic E-state index is 0.314. The van der Waals surface area contributed by atoms with Gasteiger partial charge >= 0.3 is 11.8 Å². The molecule has 1 heterocycles. The Morgan fingerprint density at radius 1 is 1.05 bits per heavy atom. The van der Waals surface area contributed by atoms with Gasteiger partial charge < -0.3 is 10.6 Å². The average molecular weight is 269 g/mol. The molecule has 0 aliphatic heterocycles. The van der Waals surface area contributed by atoms with Gasteiger partial charge in [-0.3, -0.25) is 9.59 Å². The first-order valence-electron chi connectivity index (χ1n) is 6.21. The summed E-state index contributed by atoms with van der Waals surface area (Å²) in [6.45, 7) is 2.12. The first-order chi connectivity index (χ1) is 9.66. The molecule has 0 aliphatic rings. The van der Waals surface area contributed by atoms with Gasteiger partial charge in [0.25, 0.3) is 0 Å². The number of benzene rings is 1. The summed E-state index contributed by atoms with van der Waals surface area (Å²) in [6, 6.07) is 13.0. The van der Waals surface area contributed by atoms with Crippen molar-refractivity contribution < 1.29 is 9.59 Å². The first-order valence-corrected chi connectivity index (χ1v) is 6.21. The summed E-state index contributed by atoms with van der Waals surface area (Å²) in [6.07, 6.45) is 1.56.